The summed E-state index contributed by atoms with van der Waals surface area (Å²) >= 11 is 0. The largest absolute Gasteiger partial charge is 0.329 e. The molecule has 0 unspecified atom stereocenters. The zero-order valence-electron chi connectivity index (χ0n) is 7.72. The molecule has 0 atom stereocenters. The van der Waals surface area contributed by atoms with E-state index in [0.29, 0.717) is 0 Å². The molecule has 0 bridgehead atoms. The zero-order chi connectivity index (χ0) is 9.42. The average Bonchev–Trinajstić information content (AvgIpc) is 2.09. The second-order valence-corrected chi connectivity index (χ2v) is 3.33. The molecule has 0 aliphatic rings. The van der Waals surface area contributed by atoms with Crippen molar-refractivity contribution >= 4 is 10.8 Å². The van der Waals surface area contributed by atoms with E-state index in [4.69, 9.17) is 0 Å². The molecule has 1 heterocycles. The molecule has 1 aromatic carbocycles. The average molecular weight is 173 g/mol. The molecule has 1 aromatic heterocycles. The highest BCUT2D eigenvalue weighted by Gasteiger charge is 1.99. The first kappa shape index (κ1) is 8.05. The third kappa shape index (κ3) is 1.24. The van der Waals surface area contributed by atoms with Gasteiger partial charge in [0.05, 0.1) is 0 Å². The van der Waals surface area contributed by atoms with Gasteiger partial charge in [-0.15, -0.1) is 0 Å². The number of aromatic nitrogens is 1. The quantitative estimate of drug-likeness (QED) is 0.650. The Labute approximate surface area is 76.2 Å². The van der Waals surface area contributed by atoms with Crippen molar-refractivity contribution in [1.29, 1.82) is 0 Å². The van der Waals surface area contributed by atoms with Crippen molar-refractivity contribution in [2.24, 2.45) is 0 Å². The molecule has 2 nitrogen and oxygen atoms in total. The van der Waals surface area contributed by atoms with Crippen LogP contribution in [-0.2, 0) is 0 Å². The Kier molecular flexibility index (Phi) is 1.69. The molecule has 0 aliphatic heterocycles. The van der Waals surface area contributed by atoms with Gasteiger partial charge in [0.1, 0.15) is 0 Å². The first-order valence-electron chi connectivity index (χ1n) is 4.27. The van der Waals surface area contributed by atoms with Gasteiger partial charge in [-0.1, -0.05) is 6.07 Å². The van der Waals surface area contributed by atoms with Crippen LogP contribution in [0.15, 0.2) is 29.2 Å². The molecule has 0 radical (unpaired) electrons. The number of fused-ring (bicyclic) bond motifs is 1. The van der Waals surface area contributed by atoms with E-state index in [1.165, 1.54) is 5.56 Å². The fraction of sp³-hybridized carbons (Fsp3) is 0.182. The minimum absolute atomic E-state index is 0.0133. The second kappa shape index (κ2) is 2.73. The van der Waals surface area contributed by atoms with Gasteiger partial charge in [0.2, 0.25) is 0 Å². The Bertz CT molecular complexity index is 511. The Hall–Kier alpha value is -1.57. The number of rotatable bonds is 0. The van der Waals surface area contributed by atoms with E-state index in [9.17, 15) is 4.79 Å². The summed E-state index contributed by atoms with van der Waals surface area (Å²) in [6.45, 7) is 4.07. The van der Waals surface area contributed by atoms with E-state index >= 15 is 0 Å². The van der Waals surface area contributed by atoms with E-state index in [1.54, 1.807) is 6.20 Å². The van der Waals surface area contributed by atoms with Crippen LogP contribution in [0.2, 0.25) is 0 Å². The maximum absolute atomic E-state index is 11.4. The van der Waals surface area contributed by atoms with Crippen LogP contribution in [0.3, 0.4) is 0 Å². The third-order valence-electron chi connectivity index (χ3n) is 2.39. The van der Waals surface area contributed by atoms with E-state index in [0.717, 1.165) is 16.3 Å². The van der Waals surface area contributed by atoms with Crippen LogP contribution >= 0.6 is 0 Å². The molecule has 2 rings (SSSR count). The van der Waals surface area contributed by atoms with Crippen LogP contribution in [0.25, 0.3) is 10.8 Å². The summed E-state index contributed by atoms with van der Waals surface area (Å²) in [6, 6.07) is 5.90. The molecule has 2 aromatic rings. The topological polar surface area (TPSA) is 32.9 Å². The summed E-state index contributed by atoms with van der Waals surface area (Å²) < 4.78 is 0. The molecule has 0 spiro atoms. The number of aromatic amines is 1. The van der Waals surface area contributed by atoms with Crippen molar-refractivity contribution < 1.29 is 0 Å². The summed E-state index contributed by atoms with van der Waals surface area (Å²) in [5.41, 5.74) is 2.36. The third-order valence-corrected chi connectivity index (χ3v) is 2.39. The molecule has 0 aliphatic carbocycles. The molecule has 0 saturated carbocycles. The molecule has 0 fully saturated rings. The SMILES string of the molecule is Cc1cc2cc[nH]c(=O)c2cc1C. The minimum Gasteiger partial charge on any atom is -0.329 e. The molecular formula is C11H11NO. The number of benzene rings is 1. The highest BCUT2D eigenvalue weighted by atomic mass is 16.1. The molecule has 0 saturated heterocycles. The Morgan fingerprint density at radius 2 is 1.85 bits per heavy atom. The number of hydrogen-bond donors (Lipinski definition) is 1. The predicted octanol–water partition coefficient (Wildman–Crippen LogP) is 2.14. The number of H-pyrrole nitrogens is 1. The van der Waals surface area contributed by atoms with Crippen LogP contribution in [0.1, 0.15) is 11.1 Å². The van der Waals surface area contributed by atoms with Crippen molar-refractivity contribution in [3.63, 3.8) is 0 Å². The Morgan fingerprint density at radius 1 is 1.15 bits per heavy atom. The van der Waals surface area contributed by atoms with Crippen LogP contribution in [-0.4, -0.2) is 4.98 Å². The number of hydrogen-bond acceptors (Lipinski definition) is 1. The molecule has 2 heteroatoms. The summed E-state index contributed by atoms with van der Waals surface area (Å²) in [4.78, 5) is 14.1. The number of aryl methyl sites for hydroxylation is 2. The van der Waals surface area contributed by atoms with Crippen LogP contribution < -0.4 is 5.56 Å². The second-order valence-electron chi connectivity index (χ2n) is 3.33. The van der Waals surface area contributed by atoms with E-state index in [-0.39, 0.29) is 5.56 Å². The maximum atomic E-state index is 11.4. The predicted molar refractivity (Wildman–Crippen MR) is 54.0 cm³/mol. The van der Waals surface area contributed by atoms with Gasteiger partial charge in [0, 0.05) is 11.6 Å². The lowest BCUT2D eigenvalue weighted by molar-refractivity contribution is 1.26. The van der Waals surface area contributed by atoms with Gasteiger partial charge in [0.15, 0.2) is 0 Å². The molecule has 1 N–H and O–H groups in total. The molecule has 66 valence electrons. The Balaban J connectivity index is 2.97. The van der Waals surface area contributed by atoms with Gasteiger partial charge < -0.3 is 4.98 Å². The fourth-order valence-corrected chi connectivity index (χ4v) is 1.46. The van der Waals surface area contributed by atoms with Crippen molar-refractivity contribution in [3.8, 4) is 0 Å². The van der Waals surface area contributed by atoms with Crippen molar-refractivity contribution in [2.75, 3.05) is 0 Å². The lowest BCUT2D eigenvalue weighted by Crippen LogP contribution is -2.04. The molecule has 0 amide bonds. The number of nitrogens with one attached hydrogen (secondary N) is 1. The summed E-state index contributed by atoms with van der Waals surface area (Å²) in [7, 11) is 0. The highest BCUT2D eigenvalue weighted by Crippen LogP contribution is 2.15. The lowest BCUT2D eigenvalue weighted by atomic mass is 10.0. The van der Waals surface area contributed by atoms with Crippen LogP contribution in [0.5, 0.6) is 0 Å². The zero-order valence-corrected chi connectivity index (χ0v) is 7.72. The highest BCUT2D eigenvalue weighted by molar-refractivity contribution is 5.82. The van der Waals surface area contributed by atoms with Crippen molar-refractivity contribution in [2.45, 2.75) is 13.8 Å². The first-order chi connectivity index (χ1) is 6.18. The van der Waals surface area contributed by atoms with E-state index in [2.05, 4.69) is 11.9 Å². The van der Waals surface area contributed by atoms with Gasteiger partial charge in [-0.3, -0.25) is 4.79 Å². The molecular weight excluding hydrogens is 162 g/mol. The lowest BCUT2D eigenvalue weighted by Gasteiger charge is -2.01. The van der Waals surface area contributed by atoms with Gasteiger partial charge >= 0.3 is 0 Å². The van der Waals surface area contributed by atoms with Crippen LogP contribution in [0, 0.1) is 13.8 Å². The van der Waals surface area contributed by atoms with Gasteiger partial charge in [-0.25, -0.2) is 0 Å². The molecule has 13 heavy (non-hydrogen) atoms. The summed E-state index contributed by atoms with van der Waals surface area (Å²) in [5.74, 6) is 0. The Morgan fingerprint density at radius 3 is 2.62 bits per heavy atom. The monoisotopic (exact) mass is 173 g/mol. The van der Waals surface area contributed by atoms with Crippen molar-refractivity contribution in [3.05, 3.63) is 45.9 Å². The fourth-order valence-electron chi connectivity index (χ4n) is 1.46. The number of pyridine rings is 1. The van der Waals surface area contributed by atoms with Gasteiger partial charge in [-0.05, 0) is 42.5 Å². The van der Waals surface area contributed by atoms with E-state index in [1.807, 2.05) is 25.1 Å². The summed E-state index contributed by atoms with van der Waals surface area (Å²) in [5, 5.41) is 1.78. The smallest absolute Gasteiger partial charge is 0.255 e. The van der Waals surface area contributed by atoms with Crippen LogP contribution in [0.4, 0.5) is 0 Å². The maximum Gasteiger partial charge on any atom is 0.255 e. The normalized spacial score (nSPS) is 10.6. The van der Waals surface area contributed by atoms with E-state index < -0.39 is 0 Å². The standard InChI is InChI=1S/C11H11NO/c1-7-5-9-3-4-12-11(13)10(9)6-8(7)2/h3-6H,1-2H3,(H,12,13). The van der Waals surface area contributed by atoms with Crippen molar-refractivity contribution in [1.82, 2.24) is 4.98 Å². The first-order valence-corrected chi connectivity index (χ1v) is 4.27. The summed E-state index contributed by atoms with van der Waals surface area (Å²) in [6.07, 6.45) is 1.68. The van der Waals surface area contributed by atoms with Gasteiger partial charge in [-0.2, -0.15) is 0 Å². The van der Waals surface area contributed by atoms with Gasteiger partial charge in [0.25, 0.3) is 5.56 Å². The minimum atomic E-state index is -0.0133.